The van der Waals surface area contributed by atoms with Crippen molar-refractivity contribution in [1.82, 2.24) is 4.98 Å². The van der Waals surface area contributed by atoms with E-state index in [1.54, 1.807) is 31.2 Å². The number of nitro groups is 1. The van der Waals surface area contributed by atoms with Crippen LogP contribution < -0.4 is 5.32 Å². The first-order valence-electron chi connectivity index (χ1n) is 7.21. The van der Waals surface area contributed by atoms with Crippen LogP contribution in [-0.4, -0.2) is 21.1 Å². The second-order valence-corrected chi connectivity index (χ2v) is 8.17. The topological polar surface area (TPSA) is 85.1 Å². The van der Waals surface area contributed by atoms with E-state index in [0.29, 0.717) is 5.02 Å². The molecule has 0 radical (unpaired) electrons. The Morgan fingerprint density at radius 2 is 2.12 bits per heavy atom. The quantitative estimate of drug-likeness (QED) is 0.375. The summed E-state index contributed by atoms with van der Waals surface area (Å²) in [5.41, 5.74) is 0.829. The molecule has 0 unspecified atom stereocenters. The van der Waals surface area contributed by atoms with Gasteiger partial charge >= 0.3 is 0 Å². The second-order valence-electron chi connectivity index (χ2n) is 5.12. The standard InChI is InChI=1S/C16H12ClN3O3S2/c1-9(15(21)18-11-4-2-3-5-13(11)20(22)23)24-16-19-12-8-10(17)6-7-14(12)25-16/h2-9H,1H3,(H,18,21)/t9-/m0/s1. The molecule has 1 atom stereocenters. The first-order valence-corrected chi connectivity index (χ1v) is 9.28. The van der Waals surface area contributed by atoms with Crippen LogP contribution in [0.4, 0.5) is 11.4 Å². The lowest BCUT2D eigenvalue weighted by atomic mass is 10.2. The molecule has 0 aliphatic rings. The number of nitrogens with zero attached hydrogens (tertiary/aromatic N) is 2. The van der Waals surface area contributed by atoms with Gasteiger partial charge < -0.3 is 5.32 Å². The maximum absolute atomic E-state index is 12.4. The Labute approximate surface area is 156 Å². The summed E-state index contributed by atoms with van der Waals surface area (Å²) in [6.07, 6.45) is 0. The number of hydrogen-bond acceptors (Lipinski definition) is 6. The Balaban J connectivity index is 1.73. The summed E-state index contributed by atoms with van der Waals surface area (Å²) in [6, 6.07) is 11.5. The van der Waals surface area contributed by atoms with Gasteiger partial charge in [-0.15, -0.1) is 11.3 Å². The lowest BCUT2D eigenvalue weighted by Gasteiger charge is -2.10. The number of carbonyl (C=O) groups excluding carboxylic acids is 1. The highest BCUT2D eigenvalue weighted by Crippen LogP contribution is 2.34. The average Bonchev–Trinajstić information content (AvgIpc) is 2.96. The van der Waals surface area contributed by atoms with Crippen LogP contribution in [0.15, 0.2) is 46.8 Å². The van der Waals surface area contributed by atoms with Crippen molar-refractivity contribution in [3.8, 4) is 0 Å². The number of aromatic nitrogens is 1. The van der Waals surface area contributed by atoms with E-state index in [4.69, 9.17) is 11.6 Å². The van der Waals surface area contributed by atoms with Gasteiger partial charge in [0.2, 0.25) is 5.91 Å². The molecule has 1 N–H and O–H groups in total. The van der Waals surface area contributed by atoms with Crippen LogP contribution in [0.3, 0.4) is 0 Å². The van der Waals surface area contributed by atoms with E-state index in [1.165, 1.54) is 35.2 Å². The summed E-state index contributed by atoms with van der Waals surface area (Å²) in [5, 5.41) is 13.8. The molecular weight excluding hydrogens is 382 g/mol. The van der Waals surface area contributed by atoms with Crippen LogP contribution >= 0.6 is 34.7 Å². The van der Waals surface area contributed by atoms with E-state index in [-0.39, 0.29) is 17.3 Å². The fourth-order valence-electron chi connectivity index (χ4n) is 2.11. The summed E-state index contributed by atoms with van der Waals surface area (Å²) >= 11 is 8.72. The molecule has 2 aromatic carbocycles. The van der Waals surface area contributed by atoms with Crippen molar-refractivity contribution in [2.75, 3.05) is 5.32 Å². The summed E-state index contributed by atoms with van der Waals surface area (Å²) in [6.45, 7) is 1.73. The molecule has 0 aliphatic heterocycles. The smallest absolute Gasteiger partial charge is 0.292 e. The summed E-state index contributed by atoms with van der Waals surface area (Å²) < 4.78 is 1.72. The van der Waals surface area contributed by atoms with Crippen LogP contribution in [0.1, 0.15) is 6.92 Å². The van der Waals surface area contributed by atoms with Gasteiger partial charge in [-0.2, -0.15) is 0 Å². The van der Waals surface area contributed by atoms with Crippen molar-refractivity contribution in [1.29, 1.82) is 0 Å². The van der Waals surface area contributed by atoms with Crippen molar-refractivity contribution in [3.63, 3.8) is 0 Å². The molecule has 1 amide bonds. The minimum Gasteiger partial charge on any atom is -0.319 e. The molecule has 0 saturated heterocycles. The number of anilines is 1. The largest absolute Gasteiger partial charge is 0.319 e. The van der Waals surface area contributed by atoms with Crippen molar-refractivity contribution < 1.29 is 9.72 Å². The number of rotatable bonds is 5. The van der Waals surface area contributed by atoms with Gasteiger partial charge in [-0.05, 0) is 31.2 Å². The van der Waals surface area contributed by atoms with Crippen LogP contribution in [0.5, 0.6) is 0 Å². The fraction of sp³-hybridized carbons (Fsp3) is 0.125. The van der Waals surface area contributed by atoms with Gasteiger partial charge in [0.15, 0.2) is 4.34 Å². The molecule has 1 heterocycles. The monoisotopic (exact) mass is 393 g/mol. The molecular formula is C16H12ClN3O3S2. The number of thiazole rings is 1. The minimum atomic E-state index is -0.523. The Hall–Kier alpha value is -2.16. The zero-order valence-electron chi connectivity index (χ0n) is 12.9. The van der Waals surface area contributed by atoms with Gasteiger partial charge in [0.1, 0.15) is 5.69 Å². The number of fused-ring (bicyclic) bond motifs is 1. The number of amides is 1. The molecule has 0 spiro atoms. The first kappa shape index (κ1) is 17.7. The van der Waals surface area contributed by atoms with Gasteiger partial charge in [-0.3, -0.25) is 14.9 Å². The number of benzene rings is 2. The van der Waals surface area contributed by atoms with Gasteiger partial charge in [0, 0.05) is 11.1 Å². The molecule has 0 aliphatic carbocycles. The van der Waals surface area contributed by atoms with Crippen LogP contribution in [0, 0.1) is 10.1 Å². The highest BCUT2D eigenvalue weighted by molar-refractivity contribution is 8.02. The predicted molar refractivity (Wildman–Crippen MR) is 102 cm³/mol. The molecule has 25 heavy (non-hydrogen) atoms. The number of carbonyl (C=O) groups is 1. The number of thioether (sulfide) groups is 1. The fourth-order valence-corrected chi connectivity index (χ4v) is 4.47. The predicted octanol–water partition coefficient (Wildman–Crippen LogP) is 4.98. The molecule has 3 rings (SSSR count). The normalized spacial score (nSPS) is 12.1. The van der Waals surface area contributed by atoms with Crippen LogP contribution in [-0.2, 0) is 4.79 Å². The first-order chi connectivity index (χ1) is 11.9. The molecule has 9 heteroatoms. The number of nitro benzene ring substituents is 1. The molecule has 0 bridgehead atoms. The van der Waals surface area contributed by atoms with Crippen LogP contribution in [0.25, 0.3) is 10.2 Å². The number of nitrogens with one attached hydrogen (secondary N) is 1. The molecule has 128 valence electrons. The molecule has 0 saturated carbocycles. The van der Waals surface area contributed by atoms with Crippen molar-refractivity contribution in [3.05, 3.63) is 57.6 Å². The minimum absolute atomic E-state index is 0.136. The highest BCUT2D eigenvalue weighted by atomic mass is 35.5. The number of halogens is 1. The van der Waals surface area contributed by atoms with E-state index in [1.807, 2.05) is 6.07 Å². The second kappa shape index (κ2) is 7.38. The summed E-state index contributed by atoms with van der Waals surface area (Å²) in [7, 11) is 0. The van der Waals surface area contributed by atoms with E-state index in [0.717, 1.165) is 14.6 Å². The Bertz CT molecular complexity index is 961. The van der Waals surface area contributed by atoms with Gasteiger partial charge in [-0.25, -0.2) is 4.98 Å². The summed E-state index contributed by atoms with van der Waals surface area (Å²) in [5.74, 6) is -0.323. The number of hydrogen-bond donors (Lipinski definition) is 1. The Morgan fingerprint density at radius 3 is 2.88 bits per heavy atom. The number of para-hydroxylation sites is 2. The summed E-state index contributed by atoms with van der Waals surface area (Å²) in [4.78, 5) is 27.3. The molecule has 1 aromatic heterocycles. The molecule has 6 nitrogen and oxygen atoms in total. The maximum Gasteiger partial charge on any atom is 0.292 e. The lowest BCUT2D eigenvalue weighted by molar-refractivity contribution is -0.383. The van der Waals surface area contributed by atoms with E-state index < -0.39 is 10.2 Å². The third-order valence-corrected chi connectivity index (χ3v) is 5.80. The third kappa shape index (κ3) is 4.09. The zero-order valence-corrected chi connectivity index (χ0v) is 15.3. The SMILES string of the molecule is C[C@H](Sc1nc2cc(Cl)ccc2s1)C(=O)Nc1ccccc1[N+](=O)[O-]. The molecule has 0 fully saturated rings. The zero-order chi connectivity index (χ0) is 18.0. The Morgan fingerprint density at radius 1 is 1.36 bits per heavy atom. The van der Waals surface area contributed by atoms with E-state index in [2.05, 4.69) is 10.3 Å². The van der Waals surface area contributed by atoms with Crippen molar-refractivity contribution in [2.24, 2.45) is 0 Å². The lowest BCUT2D eigenvalue weighted by Crippen LogP contribution is -2.22. The van der Waals surface area contributed by atoms with Gasteiger partial charge in [0.25, 0.3) is 5.69 Å². The highest BCUT2D eigenvalue weighted by Gasteiger charge is 2.20. The molecule has 3 aromatic rings. The maximum atomic E-state index is 12.4. The van der Waals surface area contributed by atoms with Crippen molar-refractivity contribution in [2.45, 2.75) is 16.5 Å². The van der Waals surface area contributed by atoms with Crippen molar-refractivity contribution >= 4 is 62.2 Å². The van der Waals surface area contributed by atoms with Crippen LogP contribution in [0.2, 0.25) is 5.02 Å². The average molecular weight is 394 g/mol. The van der Waals surface area contributed by atoms with Gasteiger partial charge in [0.05, 0.1) is 20.4 Å². The van der Waals surface area contributed by atoms with E-state index >= 15 is 0 Å². The Kier molecular flexibility index (Phi) is 5.22. The van der Waals surface area contributed by atoms with Gasteiger partial charge in [-0.1, -0.05) is 35.5 Å². The third-order valence-electron chi connectivity index (χ3n) is 3.34. The van der Waals surface area contributed by atoms with E-state index in [9.17, 15) is 14.9 Å².